The van der Waals surface area contributed by atoms with E-state index in [1.165, 1.54) is 24.3 Å². The summed E-state index contributed by atoms with van der Waals surface area (Å²) < 4.78 is 26.2. The number of hydrogen-bond acceptors (Lipinski definition) is 2. The van der Waals surface area contributed by atoms with E-state index in [-0.39, 0.29) is 30.0 Å². The van der Waals surface area contributed by atoms with Crippen LogP contribution in [0.2, 0.25) is 0 Å². The van der Waals surface area contributed by atoms with E-state index in [0.717, 1.165) is 11.1 Å². The van der Waals surface area contributed by atoms with Crippen molar-refractivity contribution in [2.45, 2.75) is 19.0 Å². The number of fused-ring (bicyclic) bond motifs is 1. The van der Waals surface area contributed by atoms with E-state index in [1.54, 1.807) is 53.4 Å². The first-order valence-corrected chi connectivity index (χ1v) is 9.69. The lowest BCUT2D eigenvalue weighted by Gasteiger charge is -2.25. The zero-order valence-electron chi connectivity index (χ0n) is 16.1. The molecule has 3 aromatic rings. The van der Waals surface area contributed by atoms with Gasteiger partial charge >= 0.3 is 0 Å². The van der Waals surface area contributed by atoms with Crippen LogP contribution in [0.1, 0.15) is 33.1 Å². The molecule has 30 heavy (non-hydrogen) atoms. The van der Waals surface area contributed by atoms with Crippen molar-refractivity contribution in [2.75, 3.05) is 6.54 Å². The summed E-state index contributed by atoms with van der Waals surface area (Å²) in [5.41, 5.74) is 2.82. The Hall–Kier alpha value is -3.54. The second-order valence-corrected chi connectivity index (χ2v) is 7.21. The molecule has 0 bridgehead atoms. The van der Waals surface area contributed by atoms with Gasteiger partial charge in [-0.2, -0.15) is 0 Å². The number of carbonyl (C=O) groups excluding carboxylic acids is 2. The molecule has 4 nitrogen and oxygen atoms in total. The van der Waals surface area contributed by atoms with Gasteiger partial charge in [0.2, 0.25) is 5.91 Å². The van der Waals surface area contributed by atoms with Crippen LogP contribution < -0.4 is 5.32 Å². The minimum absolute atomic E-state index is 0.199. The molecule has 1 aliphatic rings. The second kappa shape index (κ2) is 8.45. The fourth-order valence-electron chi connectivity index (χ4n) is 3.67. The van der Waals surface area contributed by atoms with Crippen LogP contribution in [-0.2, 0) is 17.8 Å². The molecule has 6 heteroatoms. The van der Waals surface area contributed by atoms with E-state index in [1.807, 2.05) is 0 Å². The predicted molar refractivity (Wildman–Crippen MR) is 109 cm³/mol. The highest BCUT2D eigenvalue weighted by Gasteiger charge is 2.40. The van der Waals surface area contributed by atoms with E-state index in [0.29, 0.717) is 24.1 Å². The Bertz CT molecular complexity index is 1070. The third-order valence-corrected chi connectivity index (χ3v) is 5.24. The molecule has 0 saturated heterocycles. The van der Waals surface area contributed by atoms with Crippen LogP contribution in [-0.4, -0.2) is 23.3 Å². The molecule has 1 atom stereocenters. The fraction of sp³-hybridized carbons (Fsp3) is 0.167. The van der Waals surface area contributed by atoms with Gasteiger partial charge < -0.3 is 10.2 Å². The summed E-state index contributed by atoms with van der Waals surface area (Å²) in [6.45, 7) is 0.561. The Morgan fingerprint density at radius 2 is 1.47 bits per heavy atom. The number of rotatable bonds is 6. The Labute approximate surface area is 173 Å². The van der Waals surface area contributed by atoms with Gasteiger partial charge in [0.05, 0.1) is 0 Å². The molecule has 0 fully saturated rings. The summed E-state index contributed by atoms with van der Waals surface area (Å²) in [6, 6.07) is 18.3. The van der Waals surface area contributed by atoms with E-state index in [2.05, 4.69) is 5.32 Å². The van der Waals surface area contributed by atoms with Crippen LogP contribution in [0.4, 0.5) is 8.78 Å². The number of halogens is 2. The van der Waals surface area contributed by atoms with Gasteiger partial charge in [-0.15, -0.1) is 0 Å². The molecule has 1 N–H and O–H groups in total. The van der Waals surface area contributed by atoms with Crippen molar-refractivity contribution >= 4 is 11.8 Å². The van der Waals surface area contributed by atoms with Crippen LogP contribution in [0.5, 0.6) is 0 Å². The molecule has 0 radical (unpaired) electrons. The van der Waals surface area contributed by atoms with Crippen molar-refractivity contribution in [1.82, 2.24) is 10.2 Å². The molecule has 0 spiro atoms. The minimum atomic E-state index is -0.741. The number of amides is 2. The van der Waals surface area contributed by atoms with Gasteiger partial charge in [-0.25, -0.2) is 8.78 Å². The standard InChI is InChI=1S/C24H20F2N2O2/c25-18-9-5-16(6-10-18)13-14-28-22(20-3-1-2-4-21(20)24(28)30)23(29)27-15-17-7-11-19(26)12-8-17/h1-12,22H,13-15H2,(H,27,29). The molecule has 2 amide bonds. The first kappa shape index (κ1) is 19.8. The largest absolute Gasteiger partial charge is 0.350 e. The third kappa shape index (κ3) is 4.08. The average Bonchev–Trinajstić information content (AvgIpc) is 3.05. The highest BCUT2D eigenvalue weighted by molar-refractivity contribution is 6.04. The molecule has 0 aromatic heterocycles. The maximum absolute atomic E-state index is 13.1. The SMILES string of the molecule is O=C(NCc1ccc(F)cc1)C1c2ccccc2C(=O)N1CCc1ccc(F)cc1. The zero-order chi connectivity index (χ0) is 21.1. The number of nitrogens with zero attached hydrogens (tertiary/aromatic N) is 1. The van der Waals surface area contributed by atoms with Crippen molar-refractivity contribution in [2.24, 2.45) is 0 Å². The molecule has 1 heterocycles. The van der Waals surface area contributed by atoms with Crippen LogP contribution in [0.15, 0.2) is 72.8 Å². The summed E-state index contributed by atoms with van der Waals surface area (Å²) in [6.07, 6.45) is 0.502. The van der Waals surface area contributed by atoms with E-state index < -0.39 is 6.04 Å². The van der Waals surface area contributed by atoms with Gasteiger partial charge in [0, 0.05) is 18.7 Å². The first-order valence-electron chi connectivity index (χ1n) is 9.69. The van der Waals surface area contributed by atoms with Gasteiger partial charge in [-0.3, -0.25) is 9.59 Å². The molecular formula is C24H20F2N2O2. The normalized spacial score (nSPS) is 15.2. The van der Waals surface area contributed by atoms with E-state index in [4.69, 9.17) is 0 Å². The van der Waals surface area contributed by atoms with Crippen molar-refractivity contribution < 1.29 is 18.4 Å². The van der Waals surface area contributed by atoms with Crippen LogP contribution in [0.3, 0.4) is 0 Å². The number of carbonyl (C=O) groups is 2. The second-order valence-electron chi connectivity index (χ2n) is 7.21. The molecular weight excluding hydrogens is 386 g/mol. The van der Waals surface area contributed by atoms with Crippen LogP contribution in [0, 0.1) is 11.6 Å². The van der Waals surface area contributed by atoms with Gasteiger partial charge in [0.1, 0.15) is 17.7 Å². The van der Waals surface area contributed by atoms with Gasteiger partial charge in [-0.05, 0) is 53.4 Å². The van der Waals surface area contributed by atoms with Crippen molar-refractivity contribution in [1.29, 1.82) is 0 Å². The number of hydrogen-bond donors (Lipinski definition) is 1. The van der Waals surface area contributed by atoms with Gasteiger partial charge in [-0.1, -0.05) is 42.5 Å². The number of nitrogens with one attached hydrogen (secondary N) is 1. The Kier molecular flexibility index (Phi) is 5.57. The van der Waals surface area contributed by atoms with Gasteiger partial charge in [0.15, 0.2) is 0 Å². The smallest absolute Gasteiger partial charge is 0.255 e. The predicted octanol–water partition coefficient (Wildman–Crippen LogP) is 4.02. The molecule has 152 valence electrons. The fourth-order valence-corrected chi connectivity index (χ4v) is 3.67. The molecule has 4 rings (SSSR count). The van der Waals surface area contributed by atoms with E-state index in [9.17, 15) is 18.4 Å². The Morgan fingerprint density at radius 3 is 2.13 bits per heavy atom. The maximum atomic E-state index is 13.1. The molecule has 0 aliphatic carbocycles. The summed E-state index contributed by atoms with van der Waals surface area (Å²) >= 11 is 0. The van der Waals surface area contributed by atoms with Crippen LogP contribution >= 0.6 is 0 Å². The third-order valence-electron chi connectivity index (χ3n) is 5.24. The highest BCUT2D eigenvalue weighted by Crippen LogP contribution is 2.33. The molecule has 1 aliphatic heterocycles. The minimum Gasteiger partial charge on any atom is -0.350 e. The Balaban J connectivity index is 1.52. The summed E-state index contributed by atoms with van der Waals surface area (Å²) in [7, 11) is 0. The van der Waals surface area contributed by atoms with Crippen molar-refractivity contribution in [3.8, 4) is 0 Å². The van der Waals surface area contributed by atoms with Crippen LogP contribution in [0.25, 0.3) is 0 Å². The maximum Gasteiger partial charge on any atom is 0.255 e. The topological polar surface area (TPSA) is 49.4 Å². The monoisotopic (exact) mass is 406 g/mol. The summed E-state index contributed by atoms with van der Waals surface area (Å²) in [4.78, 5) is 27.5. The summed E-state index contributed by atoms with van der Waals surface area (Å²) in [5.74, 6) is -1.15. The van der Waals surface area contributed by atoms with Crippen molar-refractivity contribution in [3.05, 3.63) is 107 Å². The highest BCUT2D eigenvalue weighted by atomic mass is 19.1. The quantitative estimate of drug-likeness (QED) is 0.672. The van der Waals surface area contributed by atoms with E-state index >= 15 is 0 Å². The molecule has 0 saturated carbocycles. The molecule has 1 unspecified atom stereocenters. The molecule has 3 aromatic carbocycles. The zero-order valence-corrected chi connectivity index (χ0v) is 16.1. The lowest BCUT2D eigenvalue weighted by atomic mass is 10.0. The van der Waals surface area contributed by atoms with Gasteiger partial charge in [0.25, 0.3) is 5.91 Å². The summed E-state index contributed by atoms with van der Waals surface area (Å²) in [5, 5.41) is 2.85. The average molecular weight is 406 g/mol. The Morgan fingerprint density at radius 1 is 0.867 bits per heavy atom. The lowest BCUT2D eigenvalue weighted by Crippen LogP contribution is -2.39. The van der Waals surface area contributed by atoms with Crippen molar-refractivity contribution in [3.63, 3.8) is 0 Å². The lowest BCUT2D eigenvalue weighted by molar-refractivity contribution is -0.125. The number of benzene rings is 3. The first-order chi connectivity index (χ1) is 14.5.